The maximum atomic E-state index is 12.1. The summed E-state index contributed by atoms with van der Waals surface area (Å²) in [5.41, 5.74) is 2.17. The maximum Gasteiger partial charge on any atom is 0.358 e. The molecular weight excluding hydrogens is 398 g/mol. The molecule has 0 spiro atoms. The highest BCUT2D eigenvalue weighted by Crippen LogP contribution is 2.15. The van der Waals surface area contributed by atoms with Gasteiger partial charge in [0.15, 0.2) is 18.1 Å². The van der Waals surface area contributed by atoms with Gasteiger partial charge in [0, 0.05) is 23.9 Å². The lowest BCUT2D eigenvalue weighted by atomic mass is 10.1. The highest BCUT2D eigenvalue weighted by atomic mass is 16.5. The largest absolute Gasteiger partial charge is 0.484 e. The number of hydrogen-bond acceptors (Lipinski definition) is 6. The number of ether oxygens (including phenoxy) is 2. The predicted octanol–water partition coefficient (Wildman–Crippen LogP) is 3.66. The quantitative estimate of drug-likeness (QED) is 0.418. The molecule has 8 heteroatoms. The Morgan fingerprint density at radius 3 is 2.32 bits per heavy atom. The van der Waals surface area contributed by atoms with E-state index in [2.05, 4.69) is 10.4 Å². The summed E-state index contributed by atoms with van der Waals surface area (Å²) in [5.74, 6) is -0.226. The van der Waals surface area contributed by atoms with Crippen molar-refractivity contribution < 1.29 is 23.9 Å². The van der Waals surface area contributed by atoms with Crippen LogP contribution in [0.4, 0.5) is 5.69 Å². The van der Waals surface area contributed by atoms with Crippen molar-refractivity contribution in [2.75, 3.05) is 18.5 Å². The van der Waals surface area contributed by atoms with Crippen LogP contribution in [0, 0.1) is 0 Å². The number of benzene rings is 2. The van der Waals surface area contributed by atoms with Crippen molar-refractivity contribution in [2.45, 2.75) is 20.3 Å². The van der Waals surface area contributed by atoms with Crippen molar-refractivity contribution in [3.63, 3.8) is 0 Å². The third-order valence-corrected chi connectivity index (χ3v) is 4.36. The molecule has 1 heterocycles. The number of nitrogens with zero attached hydrogens (tertiary/aromatic N) is 2. The molecule has 0 fully saturated rings. The van der Waals surface area contributed by atoms with E-state index in [1.54, 1.807) is 79.3 Å². The summed E-state index contributed by atoms with van der Waals surface area (Å²) in [6, 6.07) is 15.3. The molecule has 1 N–H and O–H groups in total. The molecule has 0 saturated heterocycles. The zero-order valence-electron chi connectivity index (χ0n) is 17.3. The number of hydrogen-bond donors (Lipinski definition) is 1. The molecule has 0 bridgehead atoms. The number of carbonyl (C=O) groups is 3. The van der Waals surface area contributed by atoms with Crippen molar-refractivity contribution in [1.29, 1.82) is 0 Å². The van der Waals surface area contributed by atoms with Gasteiger partial charge in [-0.2, -0.15) is 5.10 Å². The van der Waals surface area contributed by atoms with E-state index in [4.69, 9.17) is 9.47 Å². The topological polar surface area (TPSA) is 99.5 Å². The Balaban J connectivity index is 1.53. The monoisotopic (exact) mass is 421 g/mol. The minimum atomic E-state index is -0.475. The van der Waals surface area contributed by atoms with Crippen molar-refractivity contribution in [3.8, 4) is 11.4 Å². The molecule has 0 unspecified atom stereocenters. The van der Waals surface area contributed by atoms with Crippen LogP contribution in [-0.4, -0.2) is 40.7 Å². The van der Waals surface area contributed by atoms with Gasteiger partial charge in [0.1, 0.15) is 5.75 Å². The fraction of sp³-hybridized carbons (Fsp3) is 0.217. The molecule has 8 nitrogen and oxygen atoms in total. The fourth-order valence-corrected chi connectivity index (χ4v) is 2.77. The van der Waals surface area contributed by atoms with Gasteiger partial charge in [-0.15, -0.1) is 0 Å². The Labute approximate surface area is 179 Å². The van der Waals surface area contributed by atoms with Crippen LogP contribution in [0.15, 0.2) is 60.8 Å². The van der Waals surface area contributed by atoms with Gasteiger partial charge in [-0.1, -0.05) is 6.92 Å². The summed E-state index contributed by atoms with van der Waals surface area (Å²) >= 11 is 0. The smallest absolute Gasteiger partial charge is 0.358 e. The van der Waals surface area contributed by atoms with Crippen LogP contribution >= 0.6 is 0 Å². The lowest BCUT2D eigenvalue weighted by molar-refractivity contribution is -0.118. The summed E-state index contributed by atoms with van der Waals surface area (Å²) in [6.45, 7) is 3.66. The second-order valence-corrected chi connectivity index (χ2v) is 6.55. The Hall–Kier alpha value is -3.94. The molecule has 0 saturated carbocycles. The number of carbonyl (C=O) groups excluding carboxylic acids is 3. The predicted molar refractivity (Wildman–Crippen MR) is 115 cm³/mol. The van der Waals surface area contributed by atoms with Crippen LogP contribution in [0.3, 0.4) is 0 Å². The Morgan fingerprint density at radius 2 is 1.68 bits per heavy atom. The summed E-state index contributed by atoms with van der Waals surface area (Å²) in [7, 11) is 0. The second-order valence-electron chi connectivity index (χ2n) is 6.55. The van der Waals surface area contributed by atoms with Crippen molar-refractivity contribution in [1.82, 2.24) is 9.78 Å². The van der Waals surface area contributed by atoms with E-state index in [0.29, 0.717) is 23.4 Å². The lowest BCUT2D eigenvalue weighted by Crippen LogP contribution is -2.20. The molecular formula is C23H23N3O5. The van der Waals surface area contributed by atoms with Crippen LogP contribution in [0.5, 0.6) is 5.75 Å². The molecule has 3 aromatic rings. The lowest BCUT2D eigenvalue weighted by Gasteiger charge is -2.09. The van der Waals surface area contributed by atoms with Crippen LogP contribution in [-0.2, 0) is 9.53 Å². The number of Topliss-reactive ketones (excluding diaryl/α,β-unsaturated/α-hetero) is 1. The molecule has 0 aliphatic heterocycles. The van der Waals surface area contributed by atoms with Gasteiger partial charge in [-0.3, -0.25) is 9.59 Å². The molecule has 0 aliphatic rings. The average Bonchev–Trinajstić information content (AvgIpc) is 3.29. The van der Waals surface area contributed by atoms with E-state index in [0.717, 1.165) is 5.69 Å². The van der Waals surface area contributed by atoms with Gasteiger partial charge in [-0.25, -0.2) is 9.48 Å². The van der Waals surface area contributed by atoms with E-state index in [1.807, 2.05) is 0 Å². The van der Waals surface area contributed by atoms with Crippen molar-refractivity contribution in [3.05, 3.63) is 72.1 Å². The van der Waals surface area contributed by atoms with Gasteiger partial charge in [0.25, 0.3) is 5.91 Å². The number of esters is 1. The van der Waals surface area contributed by atoms with Crippen molar-refractivity contribution in [2.24, 2.45) is 0 Å². The first-order valence-electron chi connectivity index (χ1n) is 9.89. The molecule has 0 aliphatic carbocycles. The zero-order chi connectivity index (χ0) is 22.2. The van der Waals surface area contributed by atoms with Gasteiger partial charge in [0.2, 0.25) is 0 Å². The van der Waals surface area contributed by atoms with E-state index in [9.17, 15) is 14.4 Å². The number of nitrogens with one attached hydrogen (secondary N) is 1. The van der Waals surface area contributed by atoms with E-state index in [1.165, 1.54) is 0 Å². The summed E-state index contributed by atoms with van der Waals surface area (Å²) in [6.07, 6.45) is 2.10. The number of amides is 1. The van der Waals surface area contributed by atoms with E-state index < -0.39 is 5.97 Å². The molecule has 1 amide bonds. The third kappa shape index (κ3) is 5.79. The molecule has 1 aromatic heterocycles. The normalized spacial score (nSPS) is 10.4. The van der Waals surface area contributed by atoms with Crippen LogP contribution in [0.1, 0.15) is 41.1 Å². The van der Waals surface area contributed by atoms with Gasteiger partial charge < -0.3 is 14.8 Å². The first-order chi connectivity index (χ1) is 15.0. The fourth-order valence-electron chi connectivity index (χ4n) is 2.77. The minimum absolute atomic E-state index is 0.0555. The summed E-state index contributed by atoms with van der Waals surface area (Å²) in [4.78, 5) is 35.5. The highest BCUT2D eigenvalue weighted by Gasteiger charge is 2.11. The highest BCUT2D eigenvalue weighted by molar-refractivity contribution is 5.96. The number of rotatable bonds is 9. The summed E-state index contributed by atoms with van der Waals surface area (Å²) in [5, 5.41) is 6.94. The Kier molecular flexibility index (Phi) is 7.16. The van der Waals surface area contributed by atoms with Crippen LogP contribution in [0.25, 0.3) is 5.69 Å². The Bertz CT molecular complexity index is 1060. The van der Waals surface area contributed by atoms with E-state index >= 15 is 0 Å². The Morgan fingerprint density at radius 1 is 0.968 bits per heavy atom. The first-order valence-corrected chi connectivity index (χ1v) is 9.89. The number of anilines is 1. The van der Waals surface area contributed by atoms with Crippen molar-refractivity contribution >= 4 is 23.3 Å². The summed E-state index contributed by atoms with van der Waals surface area (Å²) < 4.78 is 11.9. The van der Waals surface area contributed by atoms with Gasteiger partial charge in [-0.05, 0) is 61.5 Å². The molecule has 3 rings (SSSR count). The standard InChI is InChI=1S/C23H23N3O5/c1-3-21(27)16-5-11-19(12-6-16)31-15-22(28)24-17-7-9-18(10-8-17)26-14-13-20(25-26)23(29)30-4-2/h5-14H,3-4,15H2,1-2H3,(H,24,28). The van der Waals surface area contributed by atoms with Gasteiger partial charge in [0.05, 0.1) is 12.3 Å². The van der Waals surface area contributed by atoms with Gasteiger partial charge >= 0.3 is 5.97 Å². The van der Waals surface area contributed by atoms with Crippen LogP contribution in [0.2, 0.25) is 0 Å². The second kappa shape index (κ2) is 10.2. The number of ketones is 1. The molecule has 160 valence electrons. The number of aromatic nitrogens is 2. The maximum absolute atomic E-state index is 12.1. The first kappa shape index (κ1) is 21.8. The van der Waals surface area contributed by atoms with E-state index in [-0.39, 0.29) is 30.6 Å². The SMILES string of the molecule is CCOC(=O)c1ccn(-c2ccc(NC(=O)COc3ccc(C(=O)CC)cc3)cc2)n1. The zero-order valence-corrected chi connectivity index (χ0v) is 17.3. The molecule has 31 heavy (non-hydrogen) atoms. The molecule has 0 radical (unpaired) electrons. The minimum Gasteiger partial charge on any atom is -0.484 e. The van der Waals surface area contributed by atoms with Crippen LogP contribution < -0.4 is 10.1 Å². The average molecular weight is 421 g/mol. The molecule has 0 atom stereocenters. The molecule has 2 aromatic carbocycles. The third-order valence-electron chi connectivity index (χ3n) is 4.36.